The van der Waals surface area contributed by atoms with Crippen LogP contribution in [-0.2, 0) is 0 Å². The molecule has 2 aromatic rings. The van der Waals surface area contributed by atoms with E-state index in [1.165, 1.54) is 16.7 Å². The number of hydrogen-bond acceptors (Lipinski definition) is 4. The smallest absolute Gasteiger partial charge is 0.262 e. The van der Waals surface area contributed by atoms with E-state index < -0.39 is 0 Å². The highest BCUT2D eigenvalue weighted by atomic mass is 32.2. The van der Waals surface area contributed by atoms with Gasteiger partial charge in [0, 0.05) is 0 Å². The summed E-state index contributed by atoms with van der Waals surface area (Å²) in [5.74, 6) is -0.265. The second kappa shape index (κ2) is 6.02. The first kappa shape index (κ1) is 14.9. The van der Waals surface area contributed by atoms with Gasteiger partial charge >= 0.3 is 0 Å². The van der Waals surface area contributed by atoms with Gasteiger partial charge in [0.05, 0.1) is 21.2 Å². The number of nitrogens with zero attached hydrogens (tertiary/aromatic N) is 1. The summed E-state index contributed by atoms with van der Waals surface area (Å²) in [6.45, 7) is 2.01. The summed E-state index contributed by atoms with van der Waals surface area (Å²) in [5, 5.41) is 0. The highest BCUT2D eigenvalue weighted by Gasteiger charge is 2.35. The Labute approximate surface area is 138 Å². The number of fused-ring (bicyclic) bond motifs is 1. The molecule has 0 unspecified atom stereocenters. The summed E-state index contributed by atoms with van der Waals surface area (Å²) in [4.78, 5) is 25.7. The summed E-state index contributed by atoms with van der Waals surface area (Å²) in [6.07, 6.45) is 0. The molecule has 0 saturated heterocycles. The second-order valence-corrected chi connectivity index (χ2v) is 6.63. The summed E-state index contributed by atoms with van der Waals surface area (Å²) >= 11 is 6.70. The molecule has 3 nitrogen and oxygen atoms in total. The first-order valence-corrected chi connectivity index (χ1v) is 8.16. The van der Waals surface area contributed by atoms with Crippen LogP contribution < -0.4 is 0 Å². The largest absolute Gasteiger partial charge is 0.269 e. The first-order chi connectivity index (χ1) is 10.6. The number of carbonyl (C=O) groups excluding carboxylic acids is 2. The zero-order valence-corrected chi connectivity index (χ0v) is 13.5. The summed E-state index contributed by atoms with van der Waals surface area (Å²) < 4.78 is 0.677. The van der Waals surface area contributed by atoms with Crippen LogP contribution >= 0.6 is 24.0 Å². The Hall–Kier alpha value is -1.98. The molecule has 1 heterocycles. The molecule has 0 N–H and O–H groups in total. The van der Waals surface area contributed by atoms with E-state index >= 15 is 0 Å². The molecule has 2 amide bonds. The number of thiocarbonyl (C=S) groups is 1. The van der Waals surface area contributed by atoms with Crippen LogP contribution in [0.5, 0.6) is 0 Å². The van der Waals surface area contributed by atoms with Crippen LogP contribution in [0.2, 0.25) is 0 Å². The number of carbonyl (C=O) groups is 2. The van der Waals surface area contributed by atoms with Crippen molar-refractivity contribution in [2.45, 2.75) is 6.92 Å². The van der Waals surface area contributed by atoms with Crippen molar-refractivity contribution < 1.29 is 9.59 Å². The molecule has 0 aromatic heterocycles. The summed E-state index contributed by atoms with van der Waals surface area (Å²) in [6, 6.07) is 14.8. The Kier molecular flexibility index (Phi) is 4.09. The van der Waals surface area contributed by atoms with Gasteiger partial charge in [0.25, 0.3) is 11.8 Å². The average Bonchev–Trinajstić information content (AvgIpc) is 2.78. The van der Waals surface area contributed by atoms with Crippen LogP contribution in [0.15, 0.2) is 48.5 Å². The number of rotatable bonds is 3. The molecule has 1 aliphatic heterocycles. The monoisotopic (exact) mass is 327 g/mol. The van der Waals surface area contributed by atoms with Crippen LogP contribution in [0.25, 0.3) is 0 Å². The van der Waals surface area contributed by atoms with Crippen molar-refractivity contribution in [1.82, 2.24) is 4.90 Å². The zero-order valence-electron chi connectivity index (χ0n) is 11.9. The average molecular weight is 327 g/mol. The maximum atomic E-state index is 12.2. The molecule has 2 aromatic carbocycles. The second-order valence-electron chi connectivity index (χ2n) is 5.01. The van der Waals surface area contributed by atoms with E-state index in [0.717, 1.165) is 11.1 Å². The lowest BCUT2D eigenvalue weighted by atomic mass is 10.1. The van der Waals surface area contributed by atoms with Gasteiger partial charge in [-0.25, -0.2) is 0 Å². The number of imide groups is 1. The third kappa shape index (κ3) is 2.69. The summed E-state index contributed by atoms with van der Waals surface area (Å²) in [5.41, 5.74) is 3.03. The fourth-order valence-electron chi connectivity index (χ4n) is 2.25. The molecule has 5 heteroatoms. The van der Waals surface area contributed by atoms with E-state index in [0.29, 0.717) is 15.3 Å². The molecular weight excluding hydrogens is 314 g/mol. The Morgan fingerprint density at radius 1 is 1.00 bits per heavy atom. The minimum atomic E-state index is -0.250. The number of hydrogen-bond donors (Lipinski definition) is 0. The normalized spacial score (nSPS) is 13.4. The van der Waals surface area contributed by atoms with Crippen LogP contribution in [0.3, 0.4) is 0 Å². The Balaban J connectivity index is 1.70. The Morgan fingerprint density at radius 2 is 1.55 bits per heavy atom. The van der Waals surface area contributed by atoms with Crippen molar-refractivity contribution in [1.29, 1.82) is 0 Å². The lowest BCUT2D eigenvalue weighted by Crippen LogP contribution is -2.29. The molecule has 0 saturated carbocycles. The molecule has 3 rings (SSSR count). The SMILES string of the molecule is Cc1ccc(C(=S)SCN2C(=O)c3ccccc3C2=O)cc1. The minimum Gasteiger partial charge on any atom is -0.269 e. The van der Waals surface area contributed by atoms with Crippen molar-refractivity contribution in [3.05, 3.63) is 70.8 Å². The zero-order chi connectivity index (χ0) is 15.7. The molecule has 0 fully saturated rings. The Morgan fingerprint density at radius 3 is 2.09 bits per heavy atom. The predicted octanol–water partition coefficient (Wildman–Crippen LogP) is 3.66. The number of aryl methyl sites for hydroxylation is 1. The Bertz CT molecular complexity index is 733. The van der Waals surface area contributed by atoms with E-state index in [2.05, 4.69) is 0 Å². The van der Waals surface area contributed by atoms with Crippen molar-refractivity contribution in [2.75, 3.05) is 5.88 Å². The lowest BCUT2D eigenvalue weighted by Gasteiger charge is -2.13. The van der Waals surface area contributed by atoms with Gasteiger partial charge in [0.2, 0.25) is 0 Å². The van der Waals surface area contributed by atoms with E-state index in [1.54, 1.807) is 24.3 Å². The highest BCUT2D eigenvalue weighted by molar-refractivity contribution is 8.23. The quantitative estimate of drug-likeness (QED) is 0.637. The molecule has 22 heavy (non-hydrogen) atoms. The van der Waals surface area contributed by atoms with E-state index in [-0.39, 0.29) is 17.7 Å². The number of thioether (sulfide) groups is 1. The van der Waals surface area contributed by atoms with Gasteiger partial charge in [-0.05, 0) is 24.6 Å². The van der Waals surface area contributed by atoms with Gasteiger partial charge in [-0.15, -0.1) is 0 Å². The van der Waals surface area contributed by atoms with Crippen molar-refractivity contribution >= 4 is 40.0 Å². The molecule has 0 spiro atoms. The van der Waals surface area contributed by atoms with Crippen molar-refractivity contribution in [3.8, 4) is 0 Å². The standard InChI is InChI=1S/C17H13NO2S2/c1-11-6-8-12(9-7-11)17(21)22-10-18-15(19)13-4-2-3-5-14(13)16(18)20/h2-9H,10H2,1H3. The van der Waals surface area contributed by atoms with Gasteiger partial charge < -0.3 is 0 Å². The number of benzene rings is 2. The third-order valence-electron chi connectivity index (χ3n) is 3.49. The molecule has 1 aliphatic rings. The van der Waals surface area contributed by atoms with Crippen LogP contribution in [0.4, 0.5) is 0 Å². The predicted molar refractivity (Wildman–Crippen MR) is 92.3 cm³/mol. The van der Waals surface area contributed by atoms with Gasteiger partial charge in [-0.3, -0.25) is 14.5 Å². The van der Waals surface area contributed by atoms with Crippen LogP contribution in [0, 0.1) is 6.92 Å². The third-order valence-corrected chi connectivity index (χ3v) is 4.96. The van der Waals surface area contributed by atoms with E-state index in [1.807, 2.05) is 31.2 Å². The maximum Gasteiger partial charge on any atom is 0.262 e. The van der Waals surface area contributed by atoms with E-state index in [9.17, 15) is 9.59 Å². The molecule has 0 radical (unpaired) electrons. The first-order valence-electron chi connectivity index (χ1n) is 6.77. The van der Waals surface area contributed by atoms with Crippen LogP contribution in [-0.4, -0.2) is 26.8 Å². The van der Waals surface area contributed by atoms with Gasteiger partial charge in [0.15, 0.2) is 0 Å². The van der Waals surface area contributed by atoms with Crippen LogP contribution in [0.1, 0.15) is 31.8 Å². The van der Waals surface area contributed by atoms with Gasteiger partial charge in [-0.2, -0.15) is 0 Å². The van der Waals surface area contributed by atoms with E-state index in [4.69, 9.17) is 12.2 Å². The van der Waals surface area contributed by atoms with Gasteiger partial charge in [0.1, 0.15) is 0 Å². The fourth-order valence-corrected chi connectivity index (χ4v) is 3.33. The molecule has 0 bridgehead atoms. The fraction of sp³-hybridized carbons (Fsp3) is 0.118. The lowest BCUT2D eigenvalue weighted by molar-refractivity contribution is 0.0684. The summed E-state index contributed by atoms with van der Waals surface area (Å²) in [7, 11) is 0. The molecule has 0 atom stereocenters. The topological polar surface area (TPSA) is 37.4 Å². The highest BCUT2D eigenvalue weighted by Crippen LogP contribution is 2.25. The van der Waals surface area contributed by atoms with Gasteiger partial charge in [-0.1, -0.05) is 65.9 Å². The maximum absolute atomic E-state index is 12.2. The van der Waals surface area contributed by atoms with Crippen molar-refractivity contribution in [2.24, 2.45) is 0 Å². The number of amides is 2. The minimum absolute atomic E-state index is 0.235. The molecule has 110 valence electrons. The molecule has 0 aliphatic carbocycles. The van der Waals surface area contributed by atoms with Crippen molar-refractivity contribution in [3.63, 3.8) is 0 Å². The molecular formula is C17H13NO2S2.